The highest BCUT2D eigenvalue weighted by molar-refractivity contribution is 5.79. The van der Waals surface area contributed by atoms with Gasteiger partial charge in [-0.3, -0.25) is 4.79 Å². The minimum absolute atomic E-state index is 0.0103. The monoisotopic (exact) mass is 272 g/mol. The molecule has 20 heavy (non-hydrogen) atoms. The number of hydrogen-bond acceptors (Lipinski definition) is 4. The van der Waals surface area contributed by atoms with Crippen molar-refractivity contribution in [3.63, 3.8) is 0 Å². The number of nitrogens with one attached hydrogen (secondary N) is 1. The van der Waals surface area contributed by atoms with E-state index in [1.165, 1.54) is 0 Å². The van der Waals surface area contributed by atoms with E-state index in [0.717, 1.165) is 32.4 Å². The van der Waals surface area contributed by atoms with E-state index in [2.05, 4.69) is 21.3 Å². The van der Waals surface area contributed by atoms with E-state index in [0.29, 0.717) is 17.9 Å². The average molecular weight is 272 g/mol. The fraction of sp³-hybridized carbons (Fsp3) is 0.533. The van der Waals surface area contributed by atoms with Crippen LogP contribution < -0.4 is 10.2 Å². The molecule has 5 heteroatoms. The summed E-state index contributed by atoms with van der Waals surface area (Å²) in [4.78, 5) is 18.4. The average Bonchev–Trinajstić information content (AvgIpc) is 2.52. The maximum Gasteiger partial charge on any atom is 0.224 e. The third-order valence-corrected chi connectivity index (χ3v) is 3.55. The Kier molecular flexibility index (Phi) is 4.94. The fourth-order valence-electron chi connectivity index (χ4n) is 2.51. The Morgan fingerprint density at radius 3 is 3.25 bits per heavy atom. The summed E-state index contributed by atoms with van der Waals surface area (Å²) in [7, 11) is 0. The maximum absolute atomic E-state index is 12.1. The zero-order valence-electron chi connectivity index (χ0n) is 11.8. The Balaban J connectivity index is 2.07. The first-order chi connectivity index (χ1) is 9.76. The summed E-state index contributed by atoms with van der Waals surface area (Å²) in [5.74, 6) is 0.804. The molecule has 1 aliphatic heterocycles. The van der Waals surface area contributed by atoms with Crippen LogP contribution in [-0.4, -0.2) is 30.5 Å². The van der Waals surface area contributed by atoms with Crippen molar-refractivity contribution in [2.45, 2.75) is 26.2 Å². The number of nitrogens with zero attached hydrogens (tertiary/aromatic N) is 3. The molecule has 0 radical (unpaired) electrons. The van der Waals surface area contributed by atoms with Crippen LogP contribution in [0.5, 0.6) is 0 Å². The zero-order chi connectivity index (χ0) is 14.4. The highest BCUT2D eigenvalue weighted by Gasteiger charge is 2.27. The number of nitriles is 1. The van der Waals surface area contributed by atoms with E-state index in [1.807, 2.05) is 6.92 Å². The van der Waals surface area contributed by atoms with Crippen molar-refractivity contribution in [1.82, 2.24) is 10.3 Å². The number of anilines is 1. The fourth-order valence-corrected chi connectivity index (χ4v) is 2.51. The van der Waals surface area contributed by atoms with Gasteiger partial charge < -0.3 is 10.2 Å². The lowest BCUT2D eigenvalue weighted by atomic mass is 9.96. The lowest BCUT2D eigenvalue weighted by Gasteiger charge is -2.33. The van der Waals surface area contributed by atoms with Gasteiger partial charge in [0, 0.05) is 25.8 Å². The molecule has 0 aliphatic carbocycles. The van der Waals surface area contributed by atoms with E-state index in [-0.39, 0.29) is 11.8 Å². The van der Waals surface area contributed by atoms with Crippen LogP contribution in [0.25, 0.3) is 0 Å². The molecule has 0 spiro atoms. The van der Waals surface area contributed by atoms with Crippen LogP contribution in [0.4, 0.5) is 5.82 Å². The molecular weight excluding hydrogens is 252 g/mol. The predicted molar refractivity (Wildman–Crippen MR) is 77.2 cm³/mol. The molecule has 0 aromatic carbocycles. The summed E-state index contributed by atoms with van der Waals surface area (Å²) in [5.41, 5.74) is 0.571. The number of carbonyl (C=O) groups excluding carboxylic acids is 1. The van der Waals surface area contributed by atoms with Crippen molar-refractivity contribution in [1.29, 1.82) is 5.26 Å². The quantitative estimate of drug-likeness (QED) is 0.905. The predicted octanol–water partition coefficient (Wildman–Crippen LogP) is 1.70. The van der Waals surface area contributed by atoms with E-state index in [4.69, 9.17) is 5.26 Å². The molecule has 1 unspecified atom stereocenters. The van der Waals surface area contributed by atoms with Gasteiger partial charge in [-0.1, -0.05) is 6.92 Å². The van der Waals surface area contributed by atoms with E-state index >= 15 is 0 Å². The van der Waals surface area contributed by atoms with Crippen molar-refractivity contribution >= 4 is 11.7 Å². The van der Waals surface area contributed by atoms with Crippen LogP contribution in [-0.2, 0) is 4.79 Å². The molecule has 1 saturated heterocycles. The largest absolute Gasteiger partial charge is 0.356 e. The highest BCUT2D eigenvalue weighted by Crippen LogP contribution is 2.24. The second kappa shape index (κ2) is 6.90. The van der Waals surface area contributed by atoms with Gasteiger partial charge in [0.05, 0.1) is 11.5 Å². The van der Waals surface area contributed by atoms with Gasteiger partial charge in [0.1, 0.15) is 11.9 Å². The lowest BCUT2D eigenvalue weighted by Crippen LogP contribution is -2.43. The standard InChI is InChI=1S/C15H20N4O/c1-2-7-18-15(20)13-6-4-9-19(11-13)14-12(10-16)5-3-8-17-14/h3,5,8,13H,2,4,6-7,9,11H2,1H3,(H,18,20). The van der Waals surface area contributed by atoms with Gasteiger partial charge in [0.25, 0.3) is 0 Å². The molecule has 1 atom stereocenters. The third-order valence-electron chi connectivity index (χ3n) is 3.55. The molecule has 1 aromatic heterocycles. The number of rotatable bonds is 4. The Morgan fingerprint density at radius 2 is 2.50 bits per heavy atom. The minimum atomic E-state index is -0.0103. The first-order valence-corrected chi connectivity index (χ1v) is 7.14. The van der Waals surface area contributed by atoms with E-state index < -0.39 is 0 Å². The third kappa shape index (κ3) is 3.27. The Morgan fingerprint density at radius 1 is 1.65 bits per heavy atom. The van der Waals surface area contributed by atoms with E-state index in [9.17, 15) is 4.79 Å². The van der Waals surface area contributed by atoms with Crippen molar-refractivity contribution in [3.8, 4) is 6.07 Å². The summed E-state index contributed by atoms with van der Waals surface area (Å²) in [6.07, 6.45) is 4.49. The summed E-state index contributed by atoms with van der Waals surface area (Å²) in [6.45, 7) is 4.26. The van der Waals surface area contributed by atoms with Gasteiger partial charge in [0.15, 0.2) is 0 Å². The summed E-state index contributed by atoms with van der Waals surface area (Å²) < 4.78 is 0. The number of carbonyl (C=O) groups is 1. The van der Waals surface area contributed by atoms with Crippen LogP contribution in [0.2, 0.25) is 0 Å². The van der Waals surface area contributed by atoms with Crippen molar-refractivity contribution in [2.75, 3.05) is 24.5 Å². The first kappa shape index (κ1) is 14.3. The topological polar surface area (TPSA) is 69.0 Å². The molecule has 1 amide bonds. The van der Waals surface area contributed by atoms with Crippen molar-refractivity contribution in [2.24, 2.45) is 5.92 Å². The van der Waals surface area contributed by atoms with Gasteiger partial charge in [-0.25, -0.2) is 4.98 Å². The maximum atomic E-state index is 12.1. The second-order valence-electron chi connectivity index (χ2n) is 5.06. The molecule has 0 saturated carbocycles. The molecule has 2 rings (SSSR count). The first-order valence-electron chi connectivity index (χ1n) is 7.14. The zero-order valence-corrected chi connectivity index (χ0v) is 11.8. The SMILES string of the molecule is CCCNC(=O)C1CCCN(c2ncccc2C#N)C1. The van der Waals surface area contributed by atoms with Crippen LogP contribution in [0.1, 0.15) is 31.7 Å². The Bertz CT molecular complexity index is 509. The second-order valence-corrected chi connectivity index (χ2v) is 5.06. The highest BCUT2D eigenvalue weighted by atomic mass is 16.1. The lowest BCUT2D eigenvalue weighted by molar-refractivity contribution is -0.125. The van der Waals surface area contributed by atoms with Crippen LogP contribution in [0.15, 0.2) is 18.3 Å². The summed E-state index contributed by atoms with van der Waals surface area (Å²) >= 11 is 0. The van der Waals surface area contributed by atoms with Gasteiger partial charge in [0.2, 0.25) is 5.91 Å². The van der Waals surface area contributed by atoms with Crippen LogP contribution in [0, 0.1) is 17.2 Å². The Labute approximate surface area is 119 Å². The molecule has 1 aromatic rings. The molecule has 5 nitrogen and oxygen atoms in total. The van der Waals surface area contributed by atoms with Crippen molar-refractivity contribution < 1.29 is 4.79 Å². The van der Waals surface area contributed by atoms with Gasteiger partial charge in [-0.05, 0) is 31.4 Å². The van der Waals surface area contributed by atoms with Crippen LogP contribution in [0.3, 0.4) is 0 Å². The molecule has 1 aliphatic rings. The van der Waals surface area contributed by atoms with Gasteiger partial charge in [-0.2, -0.15) is 5.26 Å². The molecule has 0 bridgehead atoms. The molecule has 1 N–H and O–H groups in total. The molecule has 106 valence electrons. The van der Waals surface area contributed by atoms with Crippen LogP contribution >= 0.6 is 0 Å². The minimum Gasteiger partial charge on any atom is -0.356 e. The molecule has 1 fully saturated rings. The number of pyridine rings is 1. The number of amides is 1. The summed E-state index contributed by atoms with van der Waals surface area (Å²) in [6, 6.07) is 5.69. The van der Waals surface area contributed by atoms with Gasteiger partial charge in [-0.15, -0.1) is 0 Å². The smallest absolute Gasteiger partial charge is 0.224 e. The Hall–Kier alpha value is -2.09. The molecule has 2 heterocycles. The van der Waals surface area contributed by atoms with Gasteiger partial charge >= 0.3 is 0 Å². The number of aromatic nitrogens is 1. The van der Waals surface area contributed by atoms with Crippen molar-refractivity contribution in [3.05, 3.63) is 23.9 Å². The van der Waals surface area contributed by atoms with E-state index in [1.54, 1.807) is 18.3 Å². The molecular formula is C15H20N4O. The summed E-state index contributed by atoms with van der Waals surface area (Å²) in [5, 5.41) is 12.1. The number of piperidine rings is 1. The number of hydrogen-bond donors (Lipinski definition) is 1. The normalized spacial score (nSPS) is 18.4.